The zero-order valence-corrected chi connectivity index (χ0v) is 20.9. The van der Waals surface area contributed by atoms with Crippen molar-refractivity contribution in [3.8, 4) is 0 Å². The van der Waals surface area contributed by atoms with Crippen LogP contribution in [0.4, 0.5) is 45.5 Å². The maximum atomic E-state index is 3.47. The molecule has 5 nitrogen and oxygen atoms in total. The lowest BCUT2D eigenvalue weighted by atomic mass is 10.2. The van der Waals surface area contributed by atoms with Crippen LogP contribution in [-0.4, -0.2) is 12.1 Å². The summed E-state index contributed by atoms with van der Waals surface area (Å²) in [7, 11) is 0. The molecule has 0 spiro atoms. The molecule has 180 valence electrons. The fraction of sp³-hybridized carbons (Fsp3) is 0.200. The highest BCUT2D eigenvalue weighted by molar-refractivity contribution is 5.69. The second-order valence-corrected chi connectivity index (χ2v) is 9.28. The molecule has 0 aliphatic rings. The SMILES string of the molecule is CC(C)Nc1ccc(Nc2ccc(Nc3ccc(Nc4ccc(NC(C)C)cc4)cc3)cc2)cc1. The van der Waals surface area contributed by atoms with Crippen LogP contribution >= 0.6 is 0 Å². The quantitative estimate of drug-likeness (QED) is 0.162. The van der Waals surface area contributed by atoms with Gasteiger partial charge in [0.25, 0.3) is 0 Å². The monoisotopic (exact) mass is 465 g/mol. The second kappa shape index (κ2) is 11.3. The van der Waals surface area contributed by atoms with Gasteiger partial charge in [0.2, 0.25) is 0 Å². The van der Waals surface area contributed by atoms with Crippen molar-refractivity contribution in [2.24, 2.45) is 0 Å². The molecule has 4 aromatic rings. The summed E-state index contributed by atoms with van der Waals surface area (Å²) in [4.78, 5) is 0. The first-order valence-electron chi connectivity index (χ1n) is 12.2. The molecule has 5 N–H and O–H groups in total. The van der Waals surface area contributed by atoms with Gasteiger partial charge in [-0.3, -0.25) is 0 Å². The lowest BCUT2D eigenvalue weighted by Gasteiger charge is -2.13. The molecule has 0 aliphatic carbocycles. The predicted molar refractivity (Wildman–Crippen MR) is 153 cm³/mol. The molecule has 35 heavy (non-hydrogen) atoms. The summed E-state index contributed by atoms with van der Waals surface area (Å²) in [5, 5.41) is 17.2. The Morgan fingerprint density at radius 3 is 0.657 bits per heavy atom. The van der Waals surface area contributed by atoms with Crippen molar-refractivity contribution in [1.29, 1.82) is 0 Å². The smallest absolute Gasteiger partial charge is 0.0385 e. The van der Waals surface area contributed by atoms with Crippen LogP contribution < -0.4 is 26.6 Å². The minimum atomic E-state index is 0.422. The van der Waals surface area contributed by atoms with Gasteiger partial charge in [0, 0.05) is 57.6 Å². The van der Waals surface area contributed by atoms with Gasteiger partial charge in [0.05, 0.1) is 0 Å². The van der Waals surface area contributed by atoms with Crippen LogP contribution in [-0.2, 0) is 0 Å². The normalized spacial score (nSPS) is 10.8. The first kappa shape index (κ1) is 24.0. The first-order chi connectivity index (χ1) is 16.9. The van der Waals surface area contributed by atoms with E-state index in [9.17, 15) is 0 Å². The lowest BCUT2D eigenvalue weighted by molar-refractivity contribution is 0.899. The van der Waals surface area contributed by atoms with E-state index >= 15 is 0 Å². The van der Waals surface area contributed by atoms with Gasteiger partial charge in [-0.05, 0) is 125 Å². The molecule has 4 rings (SSSR count). The summed E-state index contributed by atoms with van der Waals surface area (Å²) in [6.07, 6.45) is 0. The lowest BCUT2D eigenvalue weighted by Crippen LogP contribution is -2.09. The molecule has 0 amide bonds. The number of anilines is 8. The molecule has 0 aliphatic heterocycles. The Balaban J connectivity index is 1.30. The highest BCUT2D eigenvalue weighted by Gasteiger charge is 2.01. The largest absolute Gasteiger partial charge is 0.383 e. The highest BCUT2D eigenvalue weighted by atomic mass is 14.9. The number of rotatable bonds is 10. The van der Waals surface area contributed by atoms with Crippen LogP contribution in [0.5, 0.6) is 0 Å². The van der Waals surface area contributed by atoms with Crippen molar-refractivity contribution in [1.82, 2.24) is 0 Å². The van der Waals surface area contributed by atoms with Crippen LogP contribution in [0.25, 0.3) is 0 Å². The van der Waals surface area contributed by atoms with E-state index in [-0.39, 0.29) is 0 Å². The van der Waals surface area contributed by atoms with E-state index in [1.165, 1.54) is 0 Å². The van der Waals surface area contributed by atoms with Crippen molar-refractivity contribution in [3.63, 3.8) is 0 Å². The van der Waals surface area contributed by atoms with Crippen LogP contribution in [0.1, 0.15) is 27.7 Å². The number of hydrogen-bond donors (Lipinski definition) is 5. The summed E-state index contributed by atoms with van der Waals surface area (Å²) >= 11 is 0. The van der Waals surface area contributed by atoms with E-state index in [0.29, 0.717) is 12.1 Å². The molecule has 0 radical (unpaired) electrons. The molecule has 0 heterocycles. The third-order valence-corrected chi connectivity index (χ3v) is 5.32. The van der Waals surface area contributed by atoms with Gasteiger partial charge in [-0.15, -0.1) is 0 Å². The topological polar surface area (TPSA) is 60.1 Å². The van der Waals surface area contributed by atoms with Crippen molar-refractivity contribution >= 4 is 45.5 Å². The van der Waals surface area contributed by atoms with Crippen LogP contribution in [0.15, 0.2) is 97.1 Å². The van der Waals surface area contributed by atoms with E-state index < -0.39 is 0 Å². The molecule has 0 unspecified atom stereocenters. The summed E-state index contributed by atoms with van der Waals surface area (Å²) < 4.78 is 0. The van der Waals surface area contributed by atoms with Gasteiger partial charge in [-0.25, -0.2) is 0 Å². The van der Waals surface area contributed by atoms with Crippen molar-refractivity contribution in [2.75, 3.05) is 26.6 Å². The van der Waals surface area contributed by atoms with E-state index in [0.717, 1.165) is 45.5 Å². The summed E-state index contributed by atoms with van der Waals surface area (Å²) in [6, 6.07) is 34.2. The maximum Gasteiger partial charge on any atom is 0.0385 e. The molecule has 0 bridgehead atoms. The zero-order chi connectivity index (χ0) is 24.6. The molecule has 5 heteroatoms. The molecule has 0 saturated heterocycles. The summed E-state index contributed by atoms with van der Waals surface area (Å²) in [6.45, 7) is 8.55. The fourth-order valence-corrected chi connectivity index (χ4v) is 3.74. The van der Waals surface area contributed by atoms with E-state index in [2.05, 4.69) is 151 Å². The number of hydrogen-bond acceptors (Lipinski definition) is 5. The Morgan fingerprint density at radius 2 is 0.486 bits per heavy atom. The minimum Gasteiger partial charge on any atom is -0.383 e. The third kappa shape index (κ3) is 7.44. The highest BCUT2D eigenvalue weighted by Crippen LogP contribution is 2.25. The predicted octanol–water partition coefficient (Wildman–Crippen LogP) is 8.56. The Kier molecular flexibility index (Phi) is 7.78. The zero-order valence-electron chi connectivity index (χ0n) is 20.9. The third-order valence-electron chi connectivity index (χ3n) is 5.32. The van der Waals surface area contributed by atoms with E-state index in [1.807, 2.05) is 0 Å². The van der Waals surface area contributed by atoms with Crippen molar-refractivity contribution in [3.05, 3.63) is 97.1 Å². The average Bonchev–Trinajstić information content (AvgIpc) is 2.83. The summed E-state index contributed by atoms with van der Waals surface area (Å²) in [5.41, 5.74) is 8.57. The molecule has 0 saturated carbocycles. The van der Waals surface area contributed by atoms with Crippen molar-refractivity contribution in [2.45, 2.75) is 39.8 Å². The molecular formula is C30H35N5. The van der Waals surface area contributed by atoms with Crippen LogP contribution in [0.2, 0.25) is 0 Å². The van der Waals surface area contributed by atoms with Gasteiger partial charge >= 0.3 is 0 Å². The fourth-order valence-electron chi connectivity index (χ4n) is 3.74. The molecule has 0 fully saturated rings. The Hall–Kier alpha value is -4.12. The Morgan fingerprint density at radius 1 is 0.314 bits per heavy atom. The maximum absolute atomic E-state index is 3.47. The minimum absolute atomic E-state index is 0.422. The van der Waals surface area contributed by atoms with Gasteiger partial charge in [0.1, 0.15) is 0 Å². The molecule has 0 aromatic heterocycles. The van der Waals surface area contributed by atoms with Gasteiger partial charge in [-0.1, -0.05) is 0 Å². The molecular weight excluding hydrogens is 430 g/mol. The van der Waals surface area contributed by atoms with Crippen LogP contribution in [0, 0.1) is 0 Å². The van der Waals surface area contributed by atoms with Gasteiger partial charge in [0.15, 0.2) is 0 Å². The Labute approximate surface area is 209 Å². The average molecular weight is 466 g/mol. The first-order valence-corrected chi connectivity index (χ1v) is 12.2. The molecule has 4 aromatic carbocycles. The standard InChI is InChI=1S/C30H35N5/c1-21(2)31-23-5-9-25(10-6-23)33-27-13-17-29(18-14-27)35-30-19-15-28(16-20-30)34-26-11-7-24(8-12-26)32-22(3)4/h5-22,31-35H,1-4H3. The van der Waals surface area contributed by atoms with Crippen LogP contribution in [0.3, 0.4) is 0 Å². The van der Waals surface area contributed by atoms with Gasteiger partial charge in [-0.2, -0.15) is 0 Å². The Bertz CT molecular complexity index is 1080. The van der Waals surface area contributed by atoms with Crippen molar-refractivity contribution < 1.29 is 0 Å². The summed E-state index contributed by atoms with van der Waals surface area (Å²) in [5.74, 6) is 0. The number of nitrogens with one attached hydrogen (secondary N) is 5. The second-order valence-electron chi connectivity index (χ2n) is 9.28. The molecule has 0 atom stereocenters. The van der Waals surface area contributed by atoms with E-state index in [4.69, 9.17) is 0 Å². The van der Waals surface area contributed by atoms with E-state index in [1.54, 1.807) is 0 Å². The van der Waals surface area contributed by atoms with Gasteiger partial charge < -0.3 is 26.6 Å². The number of benzene rings is 4.